The first-order chi connectivity index (χ1) is 41.5. The van der Waals surface area contributed by atoms with Gasteiger partial charge in [-0.3, -0.25) is 0 Å². The Morgan fingerprint density at radius 3 is 0.202 bits per heavy atom. The van der Waals surface area contributed by atoms with Crippen LogP contribution in [0.5, 0.6) is 0 Å². The Labute approximate surface area is 492 Å². The van der Waals surface area contributed by atoms with Crippen molar-refractivity contribution in [1.29, 1.82) is 0 Å². The highest BCUT2D eigenvalue weighted by molar-refractivity contribution is 5.72. The van der Waals surface area contributed by atoms with Gasteiger partial charge in [0.1, 0.15) is 0 Å². The molecule has 19 aliphatic rings. The van der Waals surface area contributed by atoms with E-state index >= 15 is 0 Å². The molecule has 19 aliphatic carbocycles. The first-order valence-electron chi connectivity index (χ1n) is 27.9. The van der Waals surface area contributed by atoms with Crippen molar-refractivity contribution in [2.24, 2.45) is 0 Å². The molecule has 0 nitrogen and oxygen atoms in total. The number of rotatable bonds is 0. The molecule has 84 heavy (non-hydrogen) atoms. The van der Waals surface area contributed by atoms with E-state index in [9.17, 15) is 0 Å². The second-order valence-electron chi connectivity index (χ2n) is 20.4. The van der Waals surface area contributed by atoms with E-state index in [0.29, 0.717) is 0 Å². The van der Waals surface area contributed by atoms with E-state index in [4.69, 9.17) is 0 Å². The lowest BCUT2D eigenvalue weighted by Crippen LogP contribution is -1.83. The minimum atomic E-state index is 0.963. The number of hydrogen-bond donors (Lipinski definition) is 0. The van der Waals surface area contributed by atoms with E-state index in [1.54, 1.807) is 0 Å². The number of hydrogen-bond acceptors (Lipinski definition) is 0. The van der Waals surface area contributed by atoms with E-state index in [-0.39, 0.29) is 0 Å². The third kappa shape index (κ3) is 12.7. The van der Waals surface area contributed by atoms with Crippen molar-refractivity contribution in [3.63, 3.8) is 0 Å². The summed E-state index contributed by atoms with van der Waals surface area (Å²) in [6.45, 7) is 0. The largest absolute Gasteiger partial charge is 0.0617 e. The van der Waals surface area contributed by atoms with Gasteiger partial charge in [0.2, 0.25) is 0 Å². The molecule has 0 aromatic heterocycles. The van der Waals surface area contributed by atoms with Crippen molar-refractivity contribution in [3.05, 3.63) is 358 Å². The van der Waals surface area contributed by atoms with Crippen molar-refractivity contribution >= 4 is 0 Å². The third-order valence-corrected chi connectivity index (χ3v) is 14.7. The highest BCUT2D eigenvalue weighted by atomic mass is 14.1. The van der Waals surface area contributed by atoms with Crippen molar-refractivity contribution in [2.45, 2.75) is 0 Å². The van der Waals surface area contributed by atoms with E-state index < -0.39 is 0 Å². The summed E-state index contributed by atoms with van der Waals surface area (Å²) >= 11 is 0. The zero-order valence-electron chi connectivity index (χ0n) is 45.7. The molecular formula is C84H48. The Morgan fingerprint density at radius 1 is 0.0833 bits per heavy atom. The topological polar surface area (TPSA) is 0 Å². The van der Waals surface area contributed by atoms with Gasteiger partial charge in [-0.05, 0) is 212 Å². The first kappa shape index (κ1) is 51.4. The lowest BCUT2D eigenvalue weighted by molar-refractivity contribution is 1.56. The van der Waals surface area contributed by atoms with Crippen LogP contribution in [-0.2, 0) is 0 Å². The van der Waals surface area contributed by atoms with E-state index in [0.717, 1.165) is 134 Å². The minimum Gasteiger partial charge on any atom is -0.0617 e. The Balaban J connectivity index is 0.711. The molecule has 0 fully saturated rings. The molecule has 0 unspecified atom stereocenters. The van der Waals surface area contributed by atoms with Crippen LogP contribution in [0.3, 0.4) is 0 Å². The molecule has 0 spiro atoms. The molecule has 0 N–H and O–H groups in total. The molecule has 12 aromatic carbocycles. The predicted molar refractivity (Wildman–Crippen MR) is 347 cm³/mol. The van der Waals surface area contributed by atoms with Gasteiger partial charge in [0, 0.05) is 66.8 Å². The maximum atomic E-state index is 3.34. The van der Waals surface area contributed by atoms with Crippen LogP contribution in [0.15, 0.2) is 291 Å². The van der Waals surface area contributed by atoms with Crippen LogP contribution in [-0.4, -0.2) is 0 Å². The molecule has 384 valence electrons. The van der Waals surface area contributed by atoms with Gasteiger partial charge < -0.3 is 0 Å². The summed E-state index contributed by atoms with van der Waals surface area (Å²) < 4.78 is 0. The molecule has 0 amide bonds. The van der Waals surface area contributed by atoms with Gasteiger partial charge in [-0.2, -0.15) is 0 Å². The number of benzene rings is 12. The van der Waals surface area contributed by atoms with E-state index in [1.807, 2.05) is 0 Å². The fraction of sp³-hybridized carbons (Fsp3) is 0. The van der Waals surface area contributed by atoms with Crippen molar-refractivity contribution in [1.82, 2.24) is 0 Å². The van der Waals surface area contributed by atoms with Gasteiger partial charge in [-0.15, -0.1) is 0 Å². The monoisotopic (exact) mass is 1060 g/mol. The Morgan fingerprint density at radius 2 is 0.143 bits per heavy atom. The predicted octanol–water partition coefficient (Wildman–Crippen LogP) is 18.4. The van der Waals surface area contributed by atoms with Gasteiger partial charge in [-0.1, -0.05) is 217 Å². The molecule has 0 radical (unpaired) electrons. The standard InChI is InChI=1S/C84H48/c1-2-62-15-39-74(40-16-62)76-43-19-64(20-44-76)5-6-66-23-47-78(48-24-66)80-51-27-68(28-52-80)9-10-70-31-55-82(56-32-70)84-59-35-72(36-60-84)12-11-71-33-57-83(58-34-71)81-53-29-69(30-54-81)8-7-67-25-49-79(50-26-67)77-45-21-65(22-46-77)4-3-63-17-41-75(42-18-63)73-37-13-61(1)14-38-73/h13-60H. The summed E-state index contributed by atoms with van der Waals surface area (Å²) in [4.78, 5) is 0. The Bertz CT molecular complexity index is 3630. The lowest BCUT2D eigenvalue weighted by Gasteiger charge is -2.03. The van der Waals surface area contributed by atoms with Gasteiger partial charge in [0.15, 0.2) is 0 Å². The van der Waals surface area contributed by atoms with Crippen molar-refractivity contribution in [3.8, 4) is 138 Å². The average Bonchev–Trinajstić information content (AvgIpc) is 3.66. The Hall–Kier alpha value is -12.0. The van der Waals surface area contributed by atoms with Crippen LogP contribution < -0.4 is 0 Å². The molecule has 31 rings (SSSR count). The lowest BCUT2D eigenvalue weighted by atomic mass is 10.0. The molecule has 12 aromatic rings. The average molecular weight is 1060 g/mol. The molecule has 0 aliphatic heterocycles. The zero-order chi connectivity index (χ0) is 56.3. The quantitative estimate of drug-likeness (QED) is 0.133. The fourth-order valence-electron chi connectivity index (χ4n) is 9.82. The van der Waals surface area contributed by atoms with Crippen LogP contribution in [0.25, 0.3) is 66.8 Å². The summed E-state index contributed by atoms with van der Waals surface area (Å²) in [5, 5.41) is 0. The minimum absolute atomic E-state index is 0.963. The van der Waals surface area contributed by atoms with Gasteiger partial charge in [-0.25, -0.2) is 0 Å². The van der Waals surface area contributed by atoms with Crippen LogP contribution in [0.2, 0.25) is 0 Å². The summed E-state index contributed by atoms with van der Waals surface area (Å²) in [7, 11) is 0. The van der Waals surface area contributed by atoms with Crippen LogP contribution in [0, 0.1) is 71.0 Å². The molecule has 0 atom stereocenters. The molecule has 0 saturated heterocycles. The first-order valence-corrected chi connectivity index (χ1v) is 27.9. The van der Waals surface area contributed by atoms with Crippen LogP contribution in [0.1, 0.15) is 66.8 Å². The second-order valence-corrected chi connectivity index (χ2v) is 20.4. The summed E-state index contributed by atoms with van der Waals surface area (Å²) in [6.07, 6.45) is 0. The summed E-state index contributed by atoms with van der Waals surface area (Å²) in [6, 6.07) is 101. The Kier molecular flexibility index (Phi) is 14.8. The fourth-order valence-corrected chi connectivity index (χ4v) is 9.82. The van der Waals surface area contributed by atoms with E-state index in [2.05, 4.69) is 362 Å². The maximum absolute atomic E-state index is 3.34. The van der Waals surface area contributed by atoms with Crippen molar-refractivity contribution < 1.29 is 0 Å². The molecule has 24 bridgehead atoms. The molecular weight excluding hydrogens is 1010 g/mol. The van der Waals surface area contributed by atoms with Gasteiger partial charge >= 0.3 is 0 Å². The zero-order valence-corrected chi connectivity index (χ0v) is 45.7. The maximum Gasteiger partial charge on any atom is 0.0249 e. The molecule has 0 saturated carbocycles. The normalized spacial score (nSPS) is 10.9. The SMILES string of the molecule is C1#Cc2ccc(cc2)-c2ccc(cc2)C#Cc2ccc(cc2)-c2ccc(cc2)C#Cc2ccc(cc2)-c2ccc(cc2)C#Cc2ccc(cc2)-c2ccc(cc2)C#Cc2ccc(cc2)-c2ccc(cc2)C#Cc2ccc(cc2)-c2ccc1cc2. The third-order valence-electron chi connectivity index (χ3n) is 14.7. The second kappa shape index (κ2) is 24.2. The smallest absolute Gasteiger partial charge is 0.0249 e. The van der Waals surface area contributed by atoms with E-state index in [1.165, 1.54) is 0 Å². The highest BCUT2D eigenvalue weighted by Crippen LogP contribution is 2.27. The van der Waals surface area contributed by atoms with Gasteiger partial charge in [0.25, 0.3) is 0 Å². The highest BCUT2D eigenvalue weighted by Gasteiger charge is 2.05. The molecule has 0 heterocycles. The van der Waals surface area contributed by atoms with Crippen LogP contribution >= 0.6 is 0 Å². The van der Waals surface area contributed by atoms with Crippen LogP contribution in [0.4, 0.5) is 0 Å². The van der Waals surface area contributed by atoms with Gasteiger partial charge in [0.05, 0.1) is 0 Å². The van der Waals surface area contributed by atoms with Crippen molar-refractivity contribution in [2.75, 3.05) is 0 Å². The molecule has 0 heteroatoms. The summed E-state index contributed by atoms with van der Waals surface area (Å²) in [5.74, 6) is 40.1. The summed E-state index contributed by atoms with van der Waals surface area (Å²) in [5.41, 5.74) is 25.1.